The Balaban J connectivity index is 1.68. The average Bonchev–Trinajstić information content (AvgIpc) is 3.17. The molecule has 1 atom stereocenters. The lowest BCUT2D eigenvalue weighted by Crippen LogP contribution is -2.29. The van der Waals surface area contributed by atoms with Gasteiger partial charge in [0.1, 0.15) is 0 Å². The SMILES string of the molecule is CC1CCN(C(=O)c2ccc(C(=O)N3CCCC3)cc2)C1. The van der Waals surface area contributed by atoms with Gasteiger partial charge in [-0.2, -0.15) is 0 Å². The first kappa shape index (κ1) is 14.1. The second-order valence-corrected chi connectivity index (χ2v) is 6.22. The van der Waals surface area contributed by atoms with E-state index >= 15 is 0 Å². The minimum atomic E-state index is 0.0829. The van der Waals surface area contributed by atoms with E-state index in [4.69, 9.17) is 0 Å². The predicted molar refractivity (Wildman–Crippen MR) is 81.3 cm³/mol. The monoisotopic (exact) mass is 286 g/mol. The Morgan fingerprint density at radius 2 is 1.43 bits per heavy atom. The van der Waals surface area contributed by atoms with Crippen LogP contribution in [0.1, 0.15) is 46.9 Å². The molecule has 2 fully saturated rings. The van der Waals surface area contributed by atoms with Crippen LogP contribution < -0.4 is 0 Å². The highest BCUT2D eigenvalue weighted by Gasteiger charge is 2.24. The van der Waals surface area contributed by atoms with Crippen LogP contribution >= 0.6 is 0 Å². The molecule has 0 radical (unpaired) electrons. The number of carbonyl (C=O) groups is 2. The van der Waals surface area contributed by atoms with Crippen LogP contribution in [0.5, 0.6) is 0 Å². The molecule has 0 saturated carbocycles. The molecular formula is C17H22N2O2. The van der Waals surface area contributed by atoms with E-state index < -0.39 is 0 Å². The summed E-state index contributed by atoms with van der Waals surface area (Å²) in [6, 6.07) is 7.14. The van der Waals surface area contributed by atoms with E-state index in [-0.39, 0.29) is 11.8 Å². The lowest BCUT2D eigenvalue weighted by Gasteiger charge is -2.17. The molecule has 1 aromatic carbocycles. The van der Waals surface area contributed by atoms with Gasteiger partial charge in [0.25, 0.3) is 11.8 Å². The predicted octanol–water partition coefficient (Wildman–Crippen LogP) is 2.40. The summed E-state index contributed by atoms with van der Waals surface area (Å²) >= 11 is 0. The molecule has 2 aliphatic heterocycles. The Morgan fingerprint density at radius 1 is 0.905 bits per heavy atom. The van der Waals surface area contributed by atoms with Crippen LogP contribution in [0.3, 0.4) is 0 Å². The number of likely N-dealkylation sites (tertiary alicyclic amines) is 2. The third-order valence-corrected chi connectivity index (χ3v) is 4.48. The van der Waals surface area contributed by atoms with Crippen LogP contribution in [0.2, 0.25) is 0 Å². The van der Waals surface area contributed by atoms with Gasteiger partial charge in [0, 0.05) is 37.3 Å². The maximum atomic E-state index is 12.4. The first-order valence-electron chi connectivity index (χ1n) is 7.84. The molecule has 2 heterocycles. The number of hydrogen-bond acceptors (Lipinski definition) is 2. The van der Waals surface area contributed by atoms with Gasteiger partial charge in [-0.25, -0.2) is 0 Å². The maximum absolute atomic E-state index is 12.4. The van der Waals surface area contributed by atoms with E-state index in [1.807, 2.05) is 9.80 Å². The van der Waals surface area contributed by atoms with Crippen molar-refractivity contribution < 1.29 is 9.59 Å². The van der Waals surface area contributed by atoms with Crippen LogP contribution in [0.4, 0.5) is 0 Å². The van der Waals surface area contributed by atoms with Crippen molar-refractivity contribution in [2.45, 2.75) is 26.2 Å². The van der Waals surface area contributed by atoms with Crippen LogP contribution in [0, 0.1) is 5.92 Å². The first-order valence-corrected chi connectivity index (χ1v) is 7.84. The summed E-state index contributed by atoms with van der Waals surface area (Å²) in [6.07, 6.45) is 3.27. The zero-order valence-electron chi connectivity index (χ0n) is 12.5. The largest absolute Gasteiger partial charge is 0.339 e. The number of nitrogens with zero attached hydrogens (tertiary/aromatic N) is 2. The van der Waals surface area contributed by atoms with Crippen molar-refractivity contribution in [2.75, 3.05) is 26.2 Å². The van der Waals surface area contributed by atoms with Gasteiger partial charge in [0.05, 0.1) is 0 Å². The van der Waals surface area contributed by atoms with Crippen molar-refractivity contribution in [1.29, 1.82) is 0 Å². The molecule has 4 nitrogen and oxygen atoms in total. The van der Waals surface area contributed by atoms with E-state index in [1.165, 1.54) is 0 Å². The van der Waals surface area contributed by atoms with Gasteiger partial charge in [-0.1, -0.05) is 6.92 Å². The van der Waals surface area contributed by atoms with E-state index in [1.54, 1.807) is 24.3 Å². The van der Waals surface area contributed by atoms with E-state index in [9.17, 15) is 9.59 Å². The Hall–Kier alpha value is -1.84. The number of hydrogen-bond donors (Lipinski definition) is 0. The smallest absolute Gasteiger partial charge is 0.253 e. The normalized spacial score (nSPS) is 21.9. The van der Waals surface area contributed by atoms with Gasteiger partial charge < -0.3 is 9.80 Å². The first-order chi connectivity index (χ1) is 10.1. The summed E-state index contributed by atoms with van der Waals surface area (Å²) in [6.45, 7) is 5.56. The highest BCUT2D eigenvalue weighted by atomic mass is 16.2. The molecule has 3 rings (SSSR count). The van der Waals surface area contributed by atoms with Gasteiger partial charge in [0.2, 0.25) is 0 Å². The molecule has 0 N–H and O–H groups in total. The molecule has 0 bridgehead atoms. The third kappa shape index (κ3) is 2.94. The Kier molecular flexibility index (Phi) is 3.95. The molecule has 1 unspecified atom stereocenters. The molecule has 2 amide bonds. The number of amides is 2. The number of benzene rings is 1. The molecule has 4 heteroatoms. The standard InChI is InChI=1S/C17H22N2O2/c1-13-8-11-19(12-13)17(21)15-6-4-14(5-7-15)16(20)18-9-2-3-10-18/h4-7,13H,2-3,8-12H2,1H3. The van der Waals surface area contributed by atoms with Crippen LogP contribution in [-0.4, -0.2) is 47.8 Å². The summed E-state index contributed by atoms with van der Waals surface area (Å²) in [4.78, 5) is 28.4. The lowest BCUT2D eigenvalue weighted by atomic mass is 10.1. The van der Waals surface area contributed by atoms with Gasteiger partial charge in [-0.05, 0) is 49.4 Å². The number of rotatable bonds is 2. The van der Waals surface area contributed by atoms with Crippen LogP contribution in [0.15, 0.2) is 24.3 Å². The average molecular weight is 286 g/mol. The van der Waals surface area contributed by atoms with Gasteiger partial charge in [0.15, 0.2) is 0 Å². The third-order valence-electron chi connectivity index (χ3n) is 4.48. The molecular weight excluding hydrogens is 264 g/mol. The van der Waals surface area contributed by atoms with Gasteiger partial charge in [-0.15, -0.1) is 0 Å². The van der Waals surface area contributed by atoms with Crippen molar-refractivity contribution in [2.24, 2.45) is 5.92 Å². The van der Waals surface area contributed by atoms with Crippen molar-refractivity contribution in [3.05, 3.63) is 35.4 Å². The fourth-order valence-electron chi connectivity index (χ4n) is 3.16. The molecule has 0 aliphatic carbocycles. The molecule has 21 heavy (non-hydrogen) atoms. The maximum Gasteiger partial charge on any atom is 0.253 e. The lowest BCUT2D eigenvalue weighted by molar-refractivity contribution is 0.0778. The molecule has 0 aromatic heterocycles. The molecule has 1 aromatic rings. The summed E-state index contributed by atoms with van der Waals surface area (Å²) in [5.74, 6) is 0.755. The molecule has 112 valence electrons. The minimum Gasteiger partial charge on any atom is -0.339 e. The van der Waals surface area contributed by atoms with Crippen molar-refractivity contribution in [3.63, 3.8) is 0 Å². The van der Waals surface area contributed by atoms with Crippen LogP contribution in [-0.2, 0) is 0 Å². The Morgan fingerprint density at radius 3 is 1.90 bits per heavy atom. The second kappa shape index (κ2) is 5.88. The summed E-state index contributed by atoms with van der Waals surface area (Å²) in [5, 5.41) is 0. The van der Waals surface area contributed by atoms with Gasteiger partial charge >= 0.3 is 0 Å². The highest BCUT2D eigenvalue weighted by Crippen LogP contribution is 2.19. The van der Waals surface area contributed by atoms with E-state index in [2.05, 4.69) is 6.92 Å². The Labute approximate surface area is 125 Å². The summed E-state index contributed by atoms with van der Waals surface area (Å²) in [5.41, 5.74) is 1.37. The minimum absolute atomic E-state index is 0.0829. The zero-order chi connectivity index (χ0) is 14.8. The number of carbonyl (C=O) groups excluding carboxylic acids is 2. The Bertz CT molecular complexity index is 532. The highest BCUT2D eigenvalue weighted by molar-refractivity contribution is 5.98. The zero-order valence-corrected chi connectivity index (χ0v) is 12.5. The molecule has 2 saturated heterocycles. The fraction of sp³-hybridized carbons (Fsp3) is 0.529. The fourth-order valence-corrected chi connectivity index (χ4v) is 3.16. The van der Waals surface area contributed by atoms with Crippen LogP contribution in [0.25, 0.3) is 0 Å². The quantitative estimate of drug-likeness (QED) is 0.837. The van der Waals surface area contributed by atoms with Crippen molar-refractivity contribution >= 4 is 11.8 Å². The van der Waals surface area contributed by atoms with Crippen molar-refractivity contribution in [1.82, 2.24) is 9.80 Å². The van der Waals surface area contributed by atoms with E-state index in [0.29, 0.717) is 17.0 Å². The topological polar surface area (TPSA) is 40.6 Å². The molecule has 0 spiro atoms. The van der Waals surface area contributed by atoms with E-state index in [0.717, 1.165) is 45.4 Å². The summed E-state index contributed by atoms with van der Waals surface area (Å²) in [7, 11) is 0. The second-order valence-electron chi connectivity index (χ2n) is 6.22. The van der Waals surface area contributed by atoms with Crippen molar-refractivity contribution in [3.8, 4) is 0 Å². The van der Waals surface area contributed by atoms with Gasteiger partial charge in [-0.3, -0.25) is 9.59 Å². The summed E-state index contributed by atoms with van der Waals surface area (Å²) < 4.78 is 0. The molecule has 2 aliphatic rings.